The lowest BCUT2D eigenvalue weighted by atomic mass is 10.1. The average Bonchev–Trinajstić information content (AvgIpc) is 3.08. The first-order valence-corrected chi connectivity index (χ1v) is 12.1. The van der Waals surface area contributed by atoms with Crippen molar-refractivity contribution in [3.63, 3.8) is 0 Å². The highest BCUT2D eigenvalue weighted by Crippen LogP contribution is 2.35. The molecule has 1 heterocycles. The van der Waals surface area contributed by atoms with E-state index >= 15 is 0 Å². The summed E-state index contributed by atoms with van der Waals surface area (Å²) < 4.78 is 54.5. The second-order valence-electron chi connectivity index (χ2n) is 7.04. The topological polar surface area (TPSA) is 81.1 Å². The van der Waals surface area contributed by atoms with Gasteiger partial charge in [-0.2, -0.15) is 5.10 Å². The molecule has 170 valence electrons. The van der Waals surface area contributed by atoms with E-state index in [0.717, 1.165) is 18.4 Å². The summed E-state index contributed by atoms with van der Waals surface area (Å²) in [5, 5.41) is 5.26. The number of sulfonamides is 1. The van der Waals surface area contributed by atoms with Crippen LogP contribution in [0.25, 0.3) is 27.8 Å². The number of hydrogen-bond donors (Lipinski definition) is 1. The second kappa shape index (κ2) is 8.57. The Morgan fingerprint density at radius 1 is 0.970 bits per heavy atom. The van der Waals surface area contributed by atoms with Gasteiger partial charge in [0.05, 0.1) is 33.1 Å². The molecule has 0 spiro atoms. The first kappa shape index (κ1) is 23.4. The molecule has 1 N–H and O–H groups in total. The molecule has 0 radical (unpaired) electrons. The van der Waals surface area contributed by atoms with Crippen molar-refractivity contribution in [3.05, 3.63) is 80.8 Å². The maximum atomic E-state index is 14.8. The zero-order valence-corrected chi connectivity index (χ0v) is 19.6. The molecule has 0 saturated heterocycles. The third-order valence-electron chi connectivity index (χ3n) is 4.62. The van der Waals surface area contributed by atoms with E-state index in [2.05, 4.69) is 5.10 Å². The molecule has 3 aromatic carbocycles. The van der Waals surface area contributed by atoms with E-state index in [-0.39, 0.29) is 15.7 Å². The number of halogens is 5. The smallest absolute Gasteiger partial charge is 0.267 e. The van der Waals surface area contributed by atoms with E-state index < -0.39 is 33.1 Å². The van der Waals surface area contributed by atoms with Crippen LogP contribution in [0.5, 0.6) is 0 Å². The molecule has 0 bridgehead atoms. The number of carbonyl (C=O) groups is 1. The van der Waals surface area contributed by atoms with Gasteiger partial charge in [-0.25, -0.2) is 26.6 Å². The van der Waals surface area contributed by atoms with Crippen LogP contribution in [0.15, 0.2) is 48.5 Å². The van der Waals surface area contributed by atoms with E-state index in [0.29, 0.717) is 27.2 Å². The second-order valence-corrected chi connectivity index (χ2v) is 10.0. The Kier molecular flexibility index (Phi) is 6.09. The Morgan fingerprint density at radius 3 is 2.36 bits per heavy atom. The third kappa shape index (κ3) is 4.67. The monoisotopic (exact) mass is 529 g/mol. The molecule has 0 unspecified atom stereocenters. The van der Waals surface area contributed by atoms with Crippen molar-refractivity contribution in [1.82, 2.24) is 14.5 Å². The molecule has 4 aromatic rings. The highest BCUT2D eigenvalue weighted by Gasteiger charge is 2.22. The fourth-order valence-electron chi connectivity index (χ4n) is 3.23. The SMILES string of the molecule is CS(=O)(=O)NC(=O)c1cc(Cl)c(-n2nc(-c3ccc(Cl)c(F)c3)c3cc(Cl)ccc32)cc1F. The lowest BCUT2D eigenvalue weighted by molar-refractivity contribution is 0.0978. The summed E-state index contributed by atoms with van der Waals surface area (Å²) in [4.78, 5) is 12.1. The number of carbonyl (C=O) groups excluding carboxylic acids is 1. The molecule has 0 fully saturated rings. The summed E-state index contributed by atoms with van der Waals surface area (Å²) in [5.41, 5.74) is 0.702. The van der Waals surface area contributed by atoms with Gasteiger partial charge < -0.3 is 0 Å². The molecular formula is C21H12Cl3F2N3O3S. The summed E-state index contributed by atoms with van der Waals surface area (Å²) >= 11 is 18.2. The van der Waals surface area contributed by atoms with Gasteiger partial charge in [-0.1, -0.05) is 40.9 Å². The maximum Gasteiger partial charge on any atom is 0.267 e. The predicted octanol–water partition coefficient (Wildman–Crippen LogP) is 5.62. The fourth-order valence-corrected chi connectivity index (χ4v) is 4.21. The van der Waals surface area contributed by atoms with E-state index in [1.54, 1.807) is 29.0 Å². The van der Waals surface area contributed by atoms with Crippen molar-refractivity contribution in [2.24, 2.45) is 0 Å². The van der Waals surface area contributed by atoms with Crippen molar-refractivity contribution in [2.75, 3.05) is 6.26 Å². The maximum absolute atomic E-state index is 14.8. The zero-order valence-electron chi connectivity index (χ0n) is 16.5. The van der Waals surface area contributed by atoms with Gasteiger partial charge in [0.25, 0.3) is 5.91 Å². The van der Waals surface area contributed by atoms with Gasteiger partial charge in [-0.15, -0.1) is 0 Å². The van der Waals surface area contributed by atoms with Gasteiger partial charge in [-0.05, 0) is 36.4 Å². The van der Waals surface area contributed by atoms with Crippen molar-refractivity contribution in [2.45, 2.75) is 0 Å². The minimum Gasteiger partial charge on any atom is -0.268 e. The van der Waals surface area contributed by atoms with Crippen molar-refractivity contribution < 1.29 is 22.0 Å². The van der Waals surface area contributed by atoms with Crippen LogP contribution in [-0.2, 0) is 10.0 Å². The molecule has 12 heteroatoms. The van der Waals surface area contributed by atoms with Gasteiger partial charge in [0, 0.05) is 22.0 Å². The standard InChI is InChI=1S/C21H12Cl3F2N3O3S/c1-33(31,32)28-21(30)12-8-15(24)19(9-16(12)25)29-18-5-3-11(22)7-13(18)20(27-29)10-2-4-14(23)17(26)6-10/h2-9H,1H3,(H,28,30). The van der Waals surface area contributed by atoms with Crippen LogP contribution in [-0.4, -0.2) is 30.4 Å². The quantitative estimate of drug-likeness (QED) is 0.371. The Bertz CT molecular complexity index is 1560. The molecule has 1 aromatic heterocycles. The van der Waals surface area contributed by atoms with E-state index in [1.165, 1.54) is 16.8 Å². The van der Waals surface area contributed by atoms with Crippen LogP contribution in [0.2, 0.25) is 15.1 Å². The number of benzene rings is 3. The van der Waals surface area contributed by atoms with Crippen LogP contribution in [0, 0.1) is 11.6 Å². The van der Waals surface area contributed by atoms with Gasteiger partial charge in [0.2, 0.25) is 10.0 Å². The zero-order chi connectivity index (χ0) is 24.1. The first-order chi connectivity index (χ1) is 15.4. The van der Waals surface area contributed by atoms with E-state index in [1.807, 2.05) is 0 Å². The highest BCUT2D eigenvalue weighted by atomic mass is 35.5. The lowest BCUT2D eigenvalue weighted by Crippen LogP contribution is -2.30. The van der Waals surface area contributed by atoms with Crippen molar-refractivity contribution in [1.29, 1.82) is 0 Å². The van der Waals surface area contributed by atoms with Crippen molar-refractivity contribution >= 4 is 61.6 Å². The number of nitrogens with zero attached hydrogens (tertiary/aromatic N) is 2. The summed E-state index contributed by atoms with van der Waals surface area (Å²) in [6.07, 6.45) is 0.765. The molecule has 0 aliphatic heterocycles. The molecular weight excluding hydrogens is 519 g/mol. The number of rotatable bonds is 4. The minimum absolute atomic E-state index is 0.0615. The number of fused-ring (bicyclic) bond motifs is 1. The van der Waals surface area contributed by atoms with Gasteiger partial charge >= 0.3 is 0 Å². The summed E-state index contributed by atoms with van der Waals surface area (Å²) in [7, 11) is -3.91. The normalized spacial score (nSPS) is 11.7. The van der Waals surface area contributed by atoms with Crippen LogP contribution in [0.3, 0.4) is 0 Å². The Balaban J connectivity index is 1.91. The Morgan fingerprint density at radius 2 is 1.70 bits per heavy atom. The lowest BCUT2D eigenvalue weighted by Gasteiger charge is -2.10. The summed E-state index contributed by atoms with van der Waals surface area (Å²) in [6.45, 7) is 0. The molecule has 1 amide bonds. The first-order valence-electron chi connectivity index (χ1n) is 9.10. The number of amides is 1. The van der Waals surface area contributed by atoms with Crippen LogP contribution in [0.4, 0.5) is 8.78 Å². The minimum atomic E-state index is -3.91. The van der Waals surface area contributed by atoms with Gasteiger partial charge in [0.15, 0.2) is 0 Å². The molecule has 4 rings (SSSR count). The van der Waals surface area contributed by atoms with Gasteiger partial charge in [0.1, 0.15) is 17.3 Å². The summed E-state index contributed by atoms with van der Waals surface area (Å²) in [5.74, 6) is -2.84. The van der Waals surface area contributed by atoms with Crippen LogP contribution < -0.4 is 4.72 Å². The molecule has 0 saturated carbocycles. The molecule has 0 atom stereocenters. The average molecular weight is 531 g/mol. The van der Waals surface area contributed by atoms with Gasteiger partial charge in [-0.3, -0.25) is 4.79 Å². The highest BCUT2D eigenvalue weighted by molar-refractivity contribution is 7.89. The van der Waals surface area contributed by atoms with Crippen molar-refractivity contribution in [3.8, 4) is 16.9 Å². The number of hydrogen-bond acceptors (Lipinski definition) is 4. The van der Waals surface area contributed by atoms with E-state index in [9.17, 15) is 22.0 Å². The third-order valence-corrected chi connectivity index (χ3v) is 6.02. The molecule has 33 heavy (non-hydrogen) atoms. The molecule has 0 aliphatic carbocycles. The number of aromatic nitrogens is 2. The van der Waals surface area contributed by atoms with Crippen LogP contribution >= 0.6 is 34.8 Å². The molecule has 0 aliphatic rings. The van der Waals surface area contributed by atoms with E-state index in [4.69, 9.17) is 34.8 Å². The summed E-state index contributed by atoms with van der Waals surface area (Å²) in [6, 6.07) is 10.9. The molecule has 6 nitrogen and oxygen atoms in total. The van der Waals surface area contributed by atoms with Crippen LogP contribution in [0.1, 0.15) is 10.4 Å². The Hall–Kier alpha value is -2.72. The largest absolute Gasteiger partial charge is 0.268 e. The number of nitrogens with one attached hydrogen (secondary N) is 1. The Labute approximate surface area is 201 Å². The fraction of sp³-hybridized carbons (Fsp3) is 0.0476. The predicted molar refractivity (Wildman–Crippen MR) is 124 cm³/mol.